The fourth-order valence-corrected chi connectivity index (χ4v) is 4.20. The van der Waals surface area contributed by atoms with Crippen LogP contribution in [0.1, 0.15) is 25.3 Å². The Morgan fingerprint density at radius 2 is 1.87 bits per heavy atom. The molecule has 164 valence electrons. The summed E-state index contributed by atoms with van der Waals surface area (Å²) in [6.07, 6.45) is 1.08. The number of nitrogens with one attached hydrogen (secondary N) is 1. The highest BCUT2D eigenvalue weighted by molar-refractivity contribution is 6.31. The third-order valence-corrected chi connectivity index (χ3v) is 5.96. The summed E-state index contributed by atoms with van der Waals surface area (Å²) in [5.41, 5.74) is 1.52. The van der Waals surface area contributed by atoms with Gasteiger partial charge in [0.15, 0.2) is 0 Å². The lowest BCUT2D eigenvalue weighted by Crippen LogP contribution is -2.52. The van der Waals surface area contributed by atoms with Crippen LogP contribution >= 0.6 is 11.6 Å². The minimum Gasteiger partial charge on any atom is -0.487 e. The van der Waals surface area contributed by atoms with E-state index in [1.54, 1.807) is 40.1 Å². The van der Waals surface area contributed by atoms with E-state index >= 15 is 0 Å². The molecule has 3 amide bonds. The van der Waals surface area contributed by atoms with E-state index in [1.165, 1.54) is 12.1 Å². The van der Waals surface area contributed by atoms with Gasteiger partial charge in [-0.1, -0.05) is 23.7 Å². The standard InChI is InChI=1S/C23H25ClFN3O3/c1-15-14-28(20-12-18(24)4-7-21(20)31-15)23(30)27-10-8-17(9-11-27)22(29)26-13-16-2-5-19(25)6-3-16/h2-7,12,15,17H,8-11,13-14H2,1H3,(H,26,29)/t15-/m0/s1. The number of carbonyl (C=O) groups excluding carboxylic acids is 2. The predicted octanol–water partition coefficient (Wildman–Crippen LogP) is 4.21. The van der Waals surface area contributed by atoms with Crippen molar-refractivity contribution in [2.24, 2.45) is 5.92 Å². The van der Waals surface area contributed by atoms with E-state index in [1.807, 2.05) is 6.92 Å². The molecule has 0 aliphatic carbocycles. The molecule has 0 bridgehead atoms. The van der Waals surface area contributed by atoms with Crippen molar-refractivity contribution < 1.29 is 18.7 Å². The number of likely N-dealkylation sites (tertiary alicyclic amines) is 1. The Balaban J connectivity index is 1.33. The minimum absolute atomic E-state index is 0.0338. The smallest absolute Gasteiger partial charge is 0.324 e. The Hall–Kier alpha value is -2.80. The number of ether oxygens (including phenoxy) is 1. The largest absolute Gasteiger partial charge is 0.487 e. The van der Waals surface area contributed by atoms with Gasteiger partial charge in [0.2, 0.25) is 5.91 Å². The van der Waals surface area contributed by atoms with Crippen molar-refractivity contribution in [2.45, 2.75) is 32.4 Å². The Morgan fingerprint density at radius 3 is 2.58 bits per heavy atom. The number of fused-ring (bicyclic) bond motifs is 1. The summed E-state index contributed by atoms with van der Waals surface area (Å²) < 4.78 is 18.8. The van der Waals surface area contributed by atoms with Gasteiger partial charge in [0.1, 0.15) is 17.7 Å². The van der Waals surface area contributed by atoms with Crippen LogP contribution in [0.2, 0.25) is 5.02 Å². The fraction of sp³-hybridized carbons (Fsp3) is 0.391. The zero-order valence-electron chi connectivity index (χ0n) is 17.3. The third-order valence-electron chi connectivity index (χ3n) is 5.73. The van der Waals surface area contributed by atoms with Crippen LogP contribution in [0.3, 0.4) is 0 Å². The molecular formula is C23H25ClFN3O3. The predicted molar refractivity (Wildman–Crippen MR) is 117 cm³/mol. The number of halogens is 2. The molecule has 2 heterocycles. The third kappa shape index (κ3) is 4.93. The van der Waals surface area contributed by atoms with Crippen molar-refractivity contribution in [2.75, 3.05) is 24.5 Å². The first-order valence-electron chi connectivity index (χ1n) is 10.5. The minimum atomic E-state index is -0.299. The fourth-order valence-electron chi connectivity index (χ4n) is 4.03. The lowest BCUT2D eigenvalue weighted by Gasteiger charge is -2.39. The summed E-state index contributed by atoms with van der Waals surface area (Å²) in [5.74, 6) is 0.168. The Morgan fingerprint density at radius 1 is 1.16 bits per heavy atom. The van der Waals surface area contributed by atoms with E-state index in [9.17, 15) is 14.0 Å². The molecule has 1 atom stereocenters. The highest BCUT2D eigenvalue weighted by Crippen LogP contribution is 2.36. The molecular weight excluding hydrogens is 421 g/mol. The number of benzene rings is 2. The molecule has 2 aromatic carbocycles. The number of carbonyl (C=O) groups is 2. The molecule has 1 N–H and O–H groups in total. The number of rotatable bonds is 3. The molecule has 1 fully saturated rings. The maximum Gasteiger partial charge on any atom is 0.324 e. The van der Waals surface area contributed by atoms with Crippen LogP contribution in [0.15, 0.2) is 42.5 Å². The van der Waals surface area contributed by atoms with Gasteiger partial charge in [-0.25, -0.2) is 9.18 Å². The summed E-state index contributed by atoms with van der Waals surface area (Å²) in [7, 11) is 0. The van der Waals surface area contributed by atoms with E-state index in [0.29, 0.717) is 55.5 Å². The number of nitrogens with zero attached hydrogens (tertiary/aromatic N) is 2. The van der Waals surface area contributed by atoms with E-state index in [-0.39, 0.29) is 29.8 Å². The van der Waals surface area contributed by atoms with Crippen molar-refractivity contribution in [3.8, 4) is 5.75 Å². The van der Waals surface area contributed by atoms with Gasteiger partial charge in [0.05, 0.1) is 12.2 Å². The first kappa shape index (κ1) is 21.4. The summed E-state index contributed by atoms with van der Waals surface area (Å²) in [6, 6.07) is 11.3. The van der Waals surface area contributed by atoms with Crippen molar-refractivity contribution in [3.63, 3.8) is 0 Å². The maximum atomic E-state index is 13.2. The second kappa shape index (κ2) is 9.14. The molecule has 0 saturated carbocycles. The van der Waals surface area contributed by atoms with Crippen molar-refractivity contribution in [3.05, 3.63) is 58.9 Å². The van der Waals surface area contributed by atoms with Gasteiger partial charge in [0.25, 0.3) is 0 Å². The van der Waals surface area contributed by atoms with E-state index in [4.69, 9.17) is 16.3 Å². The topological polar surface area (TPSA) is 61.9 Å². The van der Waals surface area contributed by atoms with Gasteiger partial charge in [-0.2, -0.15) is 0 Å². The second-order valence-corrected chi connectivity index (χ2v) is 8.48. The number of piperidine rings is 1. The molecule has 2 aromatic rings. The van der Waals surface area contributed by atoms with Crippen LogP contribution in [0.4, 0.5) is 14.9 Å². The second-order valence-electron chi connectivity index (χ2n) is 8.04. The van der Waals surface area contributed by atoms with Crippen LogP contribution in [0.25, 0.3) is 0 Å². The summed E-state index contributed by atoms with van der Waals surface area (Å²) in [6.45, 7) is 3.76. The summed E-state index contributed by atoms with van der Waals surface area (Å²) in [4.78, 5) is 29.2. The average Bonchev–Trinajstić information content (AvgIpc) is 2.78. The molecule has 8 heteroatoms. The molecule has 4 rings (SSSR count). The van der Waals surface area contributed by atoms with E-state index in [0.717, 1.165) is 5.56 Å². The normalized spacial score (nSPS) is 18.9. The van der Waals surface area contributed by atoms with Crippen LogP contribution in [0, 0.1) is 11.7 Å². The molecule has 6 nitrogen and oxygen atoms in total. The lowest BCUT2D eigenvalue weighted by atomic mass is 9.96. The number of urea groups is 1. The highest BCUT2D eigenvalue weighted by atomic mass is 35.5. The van der Waals surface area contributed by atoms with Gasteiger partial charge < -0.3 is 15.0 Å². The van der Waals surface area contributed by atoms with E-state index in [2.05, 4.69) is 5.32 Å². The summed E-state index contributed by atoms with van der Waals surface area (Å²) >= 11 is 6.13. The van der Waals surface area contributed by atoms with Gasteiger partial charge in [-0.05, 0) is 55.7 Å². The Kier molecular flexibility index (Phi) is 6.32. The van der Waals surface area contributed by atoms with Crippen LogP contribution in [-0.4, -0.2) is 42.6 Å². The van der Waals surface area contributed by atoms with Gasteiger partial charge >= 0.3 is 6.03 Å². The molecule has 0 spiro atoms. The van der Waals surface area contributed by atoms with Gasteiger partial charge in [-0.15, -0.1) is 0 Å². The van der Waals surface area contributed by atoms with Crippen LogP contribution in [-0.2, 0) is 11.3 Å². The first-order valence-corrected chi connectivity index (χ1v) is 10.8. The maximum absolute atomic E-state index is 13.2. The molecule has 31 heavy (non-hydrogen) atoms. The van der Waals surface area contributed by atoms with Crippen LogP contribution in [0.5, 0.6) is 5.75 Å². The highest BCUT2D eigenvalue weighted by Gasteiger charge is 2.34. The summed E-state index contributed by atoms with van der Waals surface area (Å²) in [5, 5.41) is 3.46. The molecule has 0 radical (unpaired) electrons. The molecule has 0 aromatic heterocycles. The van der Waals surface area contributed by atoms with E-state index < -0.39 is 0 Å². The van der Waals surface area contributed by atoms with Crippen molar-refractivity contribution in [1.29, 1.82) is 0 Å². The molecule has 2 aliphatic heterocycles. The molecule has 1 saturated heterocycles. The SMILES string of the molecule is C[C@H]1CN(C(=O)N2CCC(C(=O)NCc3ccc(F)cc3)CC2)c2cc(Cl)ccc2O1. The van der Waals surface area contributed by atoms with Crippen molar-refractivity contribution in [1.82, 2.24) is 10.2 Å². The average molecular weight is 446 g/mol. The lowest BCUT2D eigenvalue weighted by molar-refractivity contribution is -0.126. The zero-order chi connectivity index (χ0) is 22.0. The zero-order valence-corrected chi connectivity index (χ0v) is 18.1. The van der Waals surface area contributed by atoms with Crippen molar-refractivity contribution >= 4 is 29.2 Å². The number of hydrogen-bond donors (Lipinski definition) is 1. The Bertz CT molecular complexity index is 961. The first-order chi connectivity index (χ1) is 14.9. The number of anilines is 1. The van der Waals surface area contributed by atoms with Crippen LogP contribution < -0.4 is 15.0 Å². The number of hydrogen-bond acceptors (Lipinski definition) is 3. The van der Waals surface area contributed by atoms with Gasteiger partial charge in [-0.3, -0.25) is 9.69 Å². The monoisotopic (exact) mass is 445 g/mol. The van der Waals surface area contributed by atoms with Gasteiger partial charge in [0, 0.05) is 30.6 Å². The molecule has 2 aliphatic rings. The number of amides is 3. The quantitative estimate of drug-likeness (QED) is 0.769. The Labute approximate surface area is 185 Å². The molecule has 0 unspecified atom stereocenters.